The van der Waals surface area contributed by atoms with Crippen molar-refractivity contribution in [2.75, 3.05) is 26.9 Å². The summed E-state index contributed by atoms with van der Waals surface area (Å²) < 4.78 is 22.4. The summed E-state index contributed by atoms with van der Waals surface area (Å²) in [5, 5.41) is 0.855. The Balaban J connectivity index is 3.04. The zero-order valence-electron chi connectivity index (χ0n) is 11.4. The number of hydrogen-bond donors (Lipinski definition) is 0. The van der Waals surface area contributed by atoms with Crippen LogP contribution in [-0.4, -0.2) is 40.7 Å². The predicted octanol–water partition coefficient (Wildman–Crippen LogP) is 1.35. The third-order valence-corrected chi connectivity index (χ3v) is 5.31. The second-order valence-corrected chi connectivity index (χ2v) is 6.00. The van der Waals surface area contributed by atoms with Crippen molar-refractivity contribution in [2.45, 2.75) is 20.8 Å². The average molecular weight is 271 g/mol. The molecule has 18 heavy (non-hydrogen) atoms. The van der Waals surface area contributed by atoms with Crippen LogP contribution in [0, 0.1) is 0 Å². The summed E-state index contributed by atoms with van der Waals surface area (Å²) in [6, 6.07) is 3.67. The molecule has 102 valence electrons. The molecule has 0 aliphatic heterocycles. The quantitative estimate of drug-likeness (QED) is 0.668. The molecule has 0 spiro atoms. The van der Waals surface area contributed by atoms with Gasteiger partial charge in [0, 0.05) is 37.3 Å². The Hall–Kier alpha value is -0.953. The fourth-order valence-electron chi connectivity index (χ4n) is 1.63. The van der Waals surface area contributed by atoms with Gasteiger partial charge in [-0.25, -0.2) is 4.98 Å². The van der Waals surface area contributed by atoms with Gasteiger partial charge >= 0.3 is 8.80 Å². The molecule has 0 saturated heterocycles. The van der Waals surface area contributed by atoms with Gasteiger partial charge in [-0.05, 0) is 26.8 Å². The summed E-state index contributed by atoms with van der Waals surface area (Å²) in [6.07, 6.45) is 1.70. The summed E-state index contributed by atoms with van der Waals surface area (Å²) in [5.41, 5.74) is 0. The van der Waals surface area contributed by atoms with Crippen LogP contribution in [0.2, 0.25) is 0 Å². The topological polar surface area (TPSA) is 49.8 Å². The SMILES string of the molecule is CCO[Si](OCC)(OCC)c1ccc(OC)nc1. The Morgan fingerprint density at radius 3 is 1.89 bits per heavy atom. The minimum Gasteiger partial charge on any atom is -0.481 e. The Labute approximate surface area is 109 Å². The second kappa shape index (κ2) is 7.47. The Morgan fingerprint density at radius 2 is 1.56 bits per heavy atom. The van der Waals surface area contributed by atoms with Crippen molar-refractivity contribution >= 4 is 14.0 Å². The normalized spacial score (nSPS) is 11.6. The molecule has 0 amide bonds. The molecule has 0 unspecified atom stereocenters. The minimum atomic E-state index is -2.83. The molecule has 0 fully saturated rings. The summed E-state index contributed by atoms with van der Waals surface area (Å²) in [6.45, 7) is 7.40. The van der Waals surface area contributed by atoms with Gasteiger partial charge in [0.15, 0.2) is 0 Å². The van der Waals surface area contributed by atoms with E-state index in [0.717, 1.165) is 5.19 Å². The molecule has 0 bridgehead atoms. The third kappa shape index (κ3) is 3.52. The molecule has 0 N–H and O–H groups in total. The lowest BCUT2D eigenvalue weighted by Gasteiger charge is -2.28. The fourth-order valence-corrected chi connectivity index (χ4v) is 4.03. The highest BCUT2D eigenvalue weighted by atomic mass is 28.4. The molecule has 1 aromatic rings. The van der Waals surface area contributed by atoms with Gasteiger partial charge in [-0.15, -0.1) is 0 Å². The molecule has 6 heteroatoms. The number of pyridine rings is 1. The zero-order chi connectivity index (χ0) is 13.4. The van der Waals surface area contributed by atoms with E-state index in [1.54, 1.807) is 19.4 Å². The van der Waals surface area contributed by atoms with Crippen LogP contribution in [0.25, 0.3) is 0 Å². The summed E-state index contributed by atoms with van der Waals surface area (Å²) >= 11 is 0. The highest BCUT2D eigenvalue weighted by Crippen LogP contribution is 2.12. The third-order valence-electron chi connectivity index (χ3n) is 2.30. The molecule has 5 nitrogen and oxygen atoms in total. The Morgan fingerprint density at radius 1 is 1.00 bits per heavy atom. The van der Waals surface area contributed by atoms with Gasteiger partial charge in [0.1, 0.15) is 0 Å². The molecule has 0 atom stereocenters. The molecule has 0 saturated carbocycles. The first-order valence-electron chi connectivity index (χ1n) is 6.14. The highest BCUT2D eigenvalue weighted by molar-refractivity contribution is 6.75. The fraction of sp³-hybridized carbons (Fsp3) is 0.583. The lowest BCUT2D eigenvalue weighted by atomic mass is 10.5. The molecule has 0 radical (unpaired) electrons. The molecule has 1 aromatic heterocycles. The van der Waals surface area contributed by atoms with Crippen molar-refractivity contribution in [1.29, 1.82) is 0 Å². The van der Waals surface area contributed by atoms with Crippen LogP contribution in [0.1, 0.15) is 20.8 Å². The van der Waals surface area contributed by atoms with Crippen LogP contribution < -0.4 is 9.92 Å². The minimum absolute atomic E-state index is 0.540. The van der Waals surface area contributed by atoms with E-state index in [0.29, 0.717) is 25.7 Å². The lowest BCUT2D eigenvalue weighted by Crippen LogP contribution is -2.57. The first kappa shape index (κ1) is 15.1. The van der Waals surface area contributed by atoms with Crippen molar-refractivity contribution in [1.82, 2.24) is 4.98 Å². The number of nitrogens with zero attached hydrogens (tertiary/aromatic N) is 1. The molecule has 0 aromatic carbocycles. The van der Waals surface area contributed by atoms with E-state index in [2.05, 4.69) is 4.98 Å². The maximum Gasteiger partial charge on any atom is 0.538 e. The van der Waals surface area contributed by atoms with E-state index < -0.39 is 8.80 Å². The van der Waals surface area contributed by atoms with Crippen LogP contribution >= 0.6 is 0 Å². The summed E-state index contributed by atoms with van der Waals surface area (Å²) in [5.74, 6) is 0.561. The van der Waals surface area contributed by atoms with E-state index >= 15 is 0 Å². The van der Waals surface area contributed by atoms with Crippen LogP contribution in [0.15, 0.2) is 18.3 Å². The van der Waals surface area contributed by atoms with Crippen molar-refractivity contribution in [3.05, 3.63) is 18.3 Å². The molecular weight excluding hydrogens is 250 g/mol. The number of ether oxygens (including phenoxy) is 1. The smallest absolute Gasteiger partial charge is 0.481 e. The second-order valence-electron chi connectivity index (χ2n) is 3.44. The number of hydrogen-bond acceptors (Lipinski definition) is 5. The van der Waals surface area contributed by atoms with Gasteiger partial charge in [0.05, 0.1) is 7.11 Å². The molecule has 0 aliphatic carbocycles. The number of methoxy groups -OCH3 is 1. The number of rotatable bonds is 8. The van der Waals surface area contributed by atoms with E-state index in [1.807, 2.05) is 26.8 Å². The van der Waals surface area contributed by atoms with Crippen molar-refractivity contribution in [3.63, 3.8) is 0 Å². The zero-order valence-corrected chi connectivity index (χ0v) is 12.4. The predicted molar refractivity (Wildman–Crippen MR) is 71.1 cm³/mol. The van der Waals surface area contributed by atoms with Gasteiger partial charge in [-0.1, -0.05) is 0 Å². The Bertz CT molecular complexity index is 327. The lowest BCUT2D eigenvalue weighted by molar-refractivity contribution is 0.0858. The van der Waals surface area contributed by atoms with Crippen molar-refractivity contribution < 1.29 is 18.0 Å². The largest absolute Gasteiger partial charge is 0.538 e. The van der Waals surface area contributed by atoms with Gasteiger partial charge in [0.25, 0.3) is 0 Å². The number of aromatic nitrogens is 1. The maximum atomic E-state index is 5.78. The Kier molecular flexibility index (Phi) is 6.27. The van der Waals surface area contributed by atoms with Crippen LogP contribution in [0.3, 0.4) is 0 Å². The summed E-state index contributed by atoms with van der Waals surface area (Å²) in [7, 11) is -1.24. The van der Waals surface area contributed by atoms with Gasteiger partial charge in [-0.2, -0.15) is 0 Å². The molecule has 0 aliphatic rings. The first-order chi connectivity index (χ1) is 8.72. The monoisotopic (exact) mass is 271 g/mol. The molecular formula is C12H21NO4Si. The van der Waals surface area contributed by atoms with E-state index in [4.69, 9.17) is 18.0 Å². The highest BCUT2D eigenvalue weighted by Gasteiger charge is 2.43. The summed E-state index contributed by atoms with van der Waals surface area (Å²) in [4.78, 5) is 4.18. The van der Waals surface area contributed by atoms with Crippen molar-refractivity contribution in [2.24, 2.45) is 0 Å². The van der Waals surface area contributed by atoms with E-state index in [-0.39, 0.29) is 0 Å². The molecule has 1 heterocycles. The van der Waals surface area contributed by atoms with Gasteiger partial charge in [-0.3, -0.25) is 0 Å². The first-order valence-corrected chi connectivity index (χ1v) is 7.87. The van der Waals surface area contributed by atoms with Crippen molar-refractivity contribution in [3.8, 4) is 5.88 Å². The van der Waals surface area contributed by atoms with Crippen LogP contribution in [0.4, 0.5) is 0 Å². The van der Waals surface area contributed by atoms with Gasteiger partial charge in [0.2, 0.25) is 5.88 Å². The van der Waals surface area contributed by atoms with Crippen LogP contribution in [-0.2, 0) is 13.3 Å². The molecule has 1 rings (SSSR count). The van der Waals surface area contributed by atoms with E-state index in [9.17, 15) is 0 Å². The van der Waals surface area contributed by atoms with Gasteiger partial charge < -0.3 is 18.0 Å². The maximum absolute atomic E-state index is 5.78. The average Bonchev–Trinajstić information content (AvgIpc) is 2.39. The van der Waals surface area contributed by atoms with Crippen LogP contribution in [0.5, 0.6) is 5.88 Å². The van der Waals surface area contributed by atoms with E-state index in [1.165, 1.54) is 0 Å². The standard InChI is InChI=1S/C12H21NO4Si/c1-5-15-18(16-6-2,17-7-3)11-8-9-12(14-4)13-10-11/h8-10H,5-7H2,1-4H3.